The van der Waals surface area contributed by atoms with Crippen LogP contribution in [0.5, 0.6) is 0 Å². The van der Waals surface area contributed by atoms with Gasteiger partial charge < -0.3 is 5.32 Å². The first-order valence-corrected chi connectivity index (χ1v) is 6.40. The first-order valence-electron chi connectivity index (χ1n) is 6.40. The van der Waals surface area contributed by atoms with Crippen molar-refractivity contribution in [2.75, 3.05) is 7.05 Å². The lowest BCUT2D eigenvalue weighted by atomic mass is 9.93. The summed E-state index contributed by atoms with van der Waals surface area (Å²) in [6.07, 6.45) is 3.66. The summed E-state index contributed by atoms with van der Waals surface area (Å²) >= 11 is 0. The molecule has 90 valence electrons. The van der Waals surface area contributed by atoms with Gasteiger partial charge >= 0.3 is 0 Å². The van der Waals surface area contributed by atoms with Crippen molar-refractivity contribution in [3.63, 3.8) is 0 Å². The lowest BCUT2D eigenvalue weighted by Gasteiger charge is -2.22. The molecule has 0 aliphatic carbocycles. The van der Waals surface area contributed by atoms with Gasteiger partial charge in [-0.1, -0.05) is 50.1 Å². The van der Waals surface area contributed by atoms with E-state index in [-0.39, 0.29) is 0 Å². The van der Waals surface area contributed by atoms with Gasteiger partial charge in [0, 0.05) is 6.04 Å². The fourth-order valence-electron chi connectivity index (χ4n) is 2.07. The predicted octanol–water partition coefficient (Wildman–Crippen LogP) is 3.56. The van der Waals surface area contributed by atoms with Crippen LogP contribution in [0.3, 0.4) is 0 Å². The second kappa shape index (κ2) is 6.70. The Bertz CT molecular complexity index is 289. The van der Waals surface area contributed by atoms with Crippen LogP contribution in [0.4, 0.5) is 0 Å². The Hall–Kier alpha value is -0.820. The summed E-state index contributed by atoms with van der Waals surface area (Å²) in [5, 5.41) is 3.43. The third-order valence-corrected chi connectivity index (χ3v) is 3.57. The zero-order chi connectivity index (χ0) is 12.0. The summed E-state index contributed by atoms with van der Waals surface area (Å²) < 4.78 is 0. The van der Waals surface area contributed by atoms with Crippen LogP contribution in [-0.4, -0.2) is 13.1 Å². The van der Waals surface area contributed by atoms with Crippen molar-refractivity contribution < 1.29 is 0 Å². The van der Waals surface area contributed by atoms with Gasteiger partial charge in [0.2, 0.25) is 0 Å². The van der Waals surface area contributed by atoms with E-state index >= 15 is 0 Å². The molecule has 2 atom stereocenters. The molecule has 1 N–H and O–H groups in total. The molecule has 1 rings (SSSR count). The van der Waals surface area contributed by atoms with Crippen molar-refractivity contribution in [3.05, 3.63) is 35.4 Å². The van der Waals surface area contributed by atoms with Gasteiger partial charge in [0.05, 0.1) is 0 Å². The van der Waals surface area contributed by atoms with Gasteiger partial charge in [-0.25, -0.2) is 0 Å². The van der Waals surface area contributed by atoms with E-state index in [2.05, 4.69) is 57.4 Å². The van der Waals surface area contributed by atoms with Crippen LogP contribution in [0.1, 0.15) is 37.8 Å². The summed E-state index contributed by atoms with van der Waals surface area (Å²) in [4.78, 5) is 0. The number of hydrogen-bond donors (Lipinski definition) is 1. The maximum atomic E-state index is 3.43. The molecular weight excluding hydrogens is 194 g/mol. The van der Waals surface area contributed by atoms with Gasteiger partial charge in [0.25, 0.3) is 0 Å². The molecule has 0 spiro atoms. The predicted molar refractivity (Wildman–Crippen MR) is 71.8 cm³/mol. The van der Waals surface area contributed by atoms with E-state index in [1.807, 2.05) is 0 Å². The number of benzene rings is 1. The standard InChI is InChI=1S/C15H25N/c1-5-13(3)15(16-4)11-10-14-8-6-12(2)7-9-14/h6-9,13,15-16H,5,10-11H2,1-4H3. The van der Waals surface area contributed by atoms with Crippen LogP contribution in [0.2, 0.25) is 0 Å². The van der Waals surface area contributed by atoms with Crippen molar-refractivity contribution in [1.29, 1.82) is 0 Å². The Kier molecular flexibility index (Phi) is 5.54. The Morgan fingerprint density at radius 2 is 1.81 bits per heavy atom. The molecule has 1 aromatic carbocycles. The lowest BCUT2D eigenvalue weighted by Crippen LogP contribution is -2.32. The van der Waals surface area contributed by atoms with Crippen molar-refractivity contribution >= 4 is 0 Å². The van der Waals surface area contributed by atoms with E-state index in [0.717, 1.165) is 5.92 Å². The van der Waals surface area contributed by atoms with E-state index in [1.165, 1.54) is 30.4 Å². The van der Waals surface area contributed by atoms with Crippen LogP contribution < -0.4 is 5.32 Å². The molecule has 0 aliphatic heterocycles. The highest BCUT2D eigenvalue weighted by molar-refractivity contribution is 5.21. The minimum atomic E-state index is 0.645. The largest absolute Gasteiger partial charge is 0.317 e. The molecular formula is C15H25N. The van der Waals surface area contributed by atoms with Crippen LogP contribution in [-0.2, 0) is 6.42 Å². The minimum absolute atomic E-state index is 0.645. The summed E-state index contributed by atoms with van der Waals surface area (Å²) in [6.45, 7) is 6.73. The summed E-state index contributed by atoms with van der Waals surface area (Å²) in [5.74, 6) is 0.760. The normalized spacial score (nSPS) is 14.8. The van der Waals surface area contributed by atoms with E-state index in [0.29, 0.717) is 6.04 Å². The number of hydrogen-bond acceptors (Lipinski definition) is 1. The Morgan fingerprint density at radius 1 is 1.19 bits per heavy atom. The maximum Gasteiger partial charge on any atom is 0.00927 e. The SMILES string of the molecule is CCC(C)C(CCc1ccc(C)cc1)NC. The number of aryl methyl sites for hydroxylation is 2. The summed E-state index contributed by atoms with van der Waals surface area (Å²) in [5.41, 5.74) is 2.80. The molecule has 0 aliphatic rings. The van der Waals surface area contributed by atoms with Gasteiger partial charge in [-0.05, 0) is 38.3 Å². The van der Waals surface area contributed by atoms with Gasteiger partial charge in [-0.15, -0.1) is 0 Å². The summed E-state index contributed by atoms with van der Waals surface area (Å²) in [6, 6.07) is 9.54. The number of rotatable bonds is 6. The van der Waals surface area contributed by atoms with Gasteiger partial charge in [-0.3, -0.25) is 0 Å². The molecule has 0 aromatic heterocycles. The Morgan fingerprint density at radius 3 is 2.31 bits per heavy atom. The molecule has 16 heavy (non-hydrogen) atoms. The minimum Gasteiger partial charge on any atom is -0.317 e. The average Bonchev–Trinajstić information content (AvgIpc) is 2.31. The summed E-state index contributed by atoms with van der Waals surface area (Å²) in [7, 11) is 2.08. The highest BCUT2D eigenvalue weighted by atomic mass is 14.9. The molecule has 0 saturated carbocycles. The second-order valence-electron chi connectivity index (χ2n) is 4.80. The highest BCUT2D eigenvalue weighted by Gasteiger charge is 2.12. The zero-order valence-corrected chi connectivity index (χ0v) is 11.1. The molecule has 0 saturated heterocycles. The first-order chi connectivity index (χ1) is 7.67. The third kappa shape index (κ3) is 3.97. The van der Waals surface area contributed by atoms with E-state index in [4.69, 9.17) is 0 Å². The molecule has 0 fully saturated rings. The lowest BCUT2D eigenvalue weighted by molar-refractivity contribution is 0.368. The van der Waals surface area contributed by atoms with Gasteiger partial charge in [-0.2, -0.15) is 0 Å². The maximum absolute atomic E-state index is 3.43. The van der Waals surface area contributed by atoms with E-state index in [9.17, 15) is 0 Å². The molecule has 1 nitrogen and oxygen atoms in total. The van der Waals surface area contributed by atoms with Crippen LogP contribution in [0, 0.1) is 12.8 Å². The van der Waals surface area contributed by atoms with Gasteiger partial charge in [0.1, 0.15) is 0 Å². The van der Waals surface area contributed by atoms with Crippen molar-refractivity contribution in [3.8, 4) is 0 Å². The van der Waals surface area contributed by atoms with Crippen molar-refractivity contribution in [2.45, 2.75) is 46.1 Å². The van der Waals surface area contributed by atoms with E-state index < -0.39 is 0 Å². The average molecular weight is 219 g/mol. The van der Waals surface area contributed by atoms with Crippen LogP contribution >= 0.6 is 0 Å². The van der Waals surface area contributed by atoms with E-state index in [1.54, 1.807) is 0 Å². The fraction of sp³-hybridized carbons (Fsp3) is 0.600. The molecule has 0 bridgehead atoms. The molecule has 1 heteroatoms. The van der Waals surface area contributed by atoms with Gasteiger partial charge in [0.15, 0.2) is 0 Å². The Labute approximate surface area is 100 Å². The molecule has 0 amide bonds. The molecule has 0 radical (unpaired) electrons. The van der Waals surface area contributed by atoms with Crippen molar-refractivity contribution in [2.24, 2.45) is 5.92 Å². The Balaban J connectivity index is 2.46. The fourth-order valence-corrected chi connectivity index (χ4v) is 2.07. The van der Waals surface area contributed by atoms with Crippen LogP contribution in [0.15, 0.2) is 24.3 Å². The zero-order valence-electron chi connectivity index (χ0n) is 11.1. The molecule has 2 unspecified atom stereocenters. The van der Waals surface area contributed by atoms with Crippen LogP contribution in [0.25, 0.3) is 0 Å². The monoisotopic (exact) mass is 219 g/mol. The second-order valence-corrected chi connectivity index (χ2v) is 4.80. The first kappa shape index (κ1) is 13.2. The van der Waals surface area contributed by atoms with Crippen molar-refractivity contribution in [1.82, 2.24) is 5.32 Å². The number of nitrogens with one attached hydrogen (secondary N) is 1. The quantitative estimate of drug-likeness (QED) is 0.771. The smallest absolute Gasteiger partial charge is 0.00927 e. The third-order valence-electron chi connectivity index (χ3n) is 3.57. The topological polar surface area (TPSA) is 12.0 Å². The molecule has 1 aromatic rings. The molecule has 0 heterocycles. The highest BCUT2D eigenvalue weighted by Crippen LogP contribution is 2.14.